The fraction of sp³-hybridized carbons (Fsp3) is 0.750. The maximum absolute atomic E-state index is 5.54. The van der Waals surface area contributed by atoms with E-state index in [0.717, 1.165) is 45.0 Å². The molecule has 0 radical (unpaired) electrons. The molecule has 1 aliphatic carbocycles. The van der Waals surface area contributed by atoms with Crippen LogP contribution in [0.4, 0.5) is 5.82 Å². The quantitative estimate of drug-likeness (QED) is 0.916. The zero-order valence-corrected chi connectivity index (χ0v) is 12.6. The van der Waals surface area contributed by atoms with Crippen molar-refractivity contribution in [1.82, 2.24) is 14.9 Å². The first-order chi connectivity index (χ1) is 10.4. The lowest BCUT2D eigenvalue weighted by Gasteiger charge is -2.28. The molecule has 0 spiro atoms. The predicted molar refractivity (Wildman–Crippen MR) is 81.5 cm³/mol. The van der Waals surface area contributed by atoms with Crippen LogP contribution in [-0.2, 0) is 17.6 Å². The minimum atomic E-state index is 0.607. The Morgan fingerprint density at radius 3 is 2.81 bits per heavy atom. The molecule has 1 atom stereocenters. The summed E-state index contributed by atoms with van der Waals surface area (Å²) < 4.78 is 5.54. The molecule has 5 nitrogen and oxygen atoms in total. The number of nitrogens with zero attached hydrogens (tertiary/aromatic N) is 3. The molecular formula is C16H24N4O. The van der Waals surface area contributed by atoms with Crippen molar-refractivity contribution >= 4 is 5.82 Å². The Bertz CT molecular complexity index is 497. The van der Waals surface area contributed by atoms with Gasteiger partial charge in [-0.2, -0.15) is 0 Å². The van der Waals surface area contributed by atoms with E-state index >= 15 is 0 Å². The second kappa shape index (κ2) is 5.89. The van der Waals surface area contributed by atoms with Crippen LogP contribution in [0.5, 0.6) is 0 Å². The molecule has 0 aromatic carbocycles. The number of nitrogens with one attached hydrogen (secondary N) is 1. The highest BCUT2D eigenvalue weighted by Crippen LogP contribution is 2.27. The van der Waals surface area contributed by atoms with Gasteiger partial charge in [-0.15, -0.1) is 0 Å². The van der Waals surface area contributed by atoms with Crippen molar-refractivity contribution < 1.29 is 4.74 Å². The number of ether oxygens (including phenoxy) is 1. The topological polar surface area (TPSA) is 50.3 Å². The number of hydrogen-bond donors (Lipinski definition) is 1. The van der Waals surface area contributed by atoms with Crippen molar-refractivity contribution in [2.24, 2.45) is 0 Å². The van der Waals surface area contributed by atoms with Gasteiger partial charge >= 0.3 is 0 Å². The van der Waals surface area contributed by atoms with E-state index in [2.05, 4.69) is 20.2 Å². The lowest BCUT2D eigenvalue weighted by atomic mass is 9.93. The van der Waals surface area contributed by atoms with Crippen LogP contribution in [0.2, 0.25) is 0 Å². The van der Waals surface area contributed by atoms with E-state index in [-0.39, 0.29) is 0 Å². The third-order valence-corrected chi connectivity index (χ3v) is 5.19. The molecule has 3 aliphatic rings. The van der Waals surface area contributed by atoms with Gasteiger partial charge < -0.3 is 10.1 Å². The maximum Gasteiger partial charge on any atom is 0.133 e. The van der Waals surface area contributed by atoms with Gasteiger partial charge in [-0.3, -0.25) is 4.90 Å². The van der Waals surface area contributed by atoms with Crippen LogP contribution >= 0.6 is 0 Å². The standard InChI is InChI=1S/C16H24N4O/c1-2-12(3-1)19-16-14-4-7-20(13-6-9-21-10-13)8-5-15(14)17-11-18-16/h11-13H,1-10H2,(H,17,18,19). The van der Waals surface area contributed by atoms with Crippen molar-refractivity contribution in [3.05, 3.63) is 17.6 Å². The molecule has 1 saturated heterocycles. The molecule has 2 fully saturated rings. The van der Waals surface area contributed by atoms with Crippen molar-refractivity contribution in [3.63, 3.8) is 0 Å². The molecule has 1 N–H and O–H groups in total. The first kappa shape index (κ1) is 13.5. The molecule has 0 bridgehead atoms. The Labute approximate surface area is 126 Å². The molecule has 1 saturated carbocycles. The van der Waals surface area contributed by atoms with Crippen molar-refractivity contribution in [1.29, 1.82) is 0 Å². The maximum atomic E-state index is 5.54. The van der Waals surface area contributed by atoms with Crippen LogP contribution in [0.1, 0.15) is 36.9 Å². The average molecular weight is 288 g/mol. The molecule has 21 heavy (non-hydrogen) atoms. The van der Waals surface area contributed by atoms with Crippen LogP contribution in [-0.4, -0.2) is 53.3 Å². The van der Waals surface area contributed by atoms with Gasteiger partial charge in [-0.05, 0) is 32.1 Å². The van der Waals surface area contributed by atoms with Crippen molar-refractivity contribution in [2.45, 2.75) is 50.6 Å². The monoisotopic (exact) mass is 288 g/mol. The zero-order valence-electron chi connectivity index (χ0n) is 12.6. The molecule has 114 valence electrons. The number of aromatic nitrogens is 2. The first-order valence-corrected chi connectivity index (χ1v) is 8.31. The van der Waals surface area contributed by atoms with Crippen LogP contribution < -0.4 is 5.32 Å². The highest BCUT2D eigenvalue weighted by atomic mass is 16.5. The summed E-state index contributed by atoms with van der Waals surface area (Å²) in [6.45, 7) is 4.02. The summed E-state index contributed by atoms with van der Waals surface area (Å²) in [7, 11) is 0. The summed E-state index contributed by atoms with van der Waals surface area (Å²) in [5.41, 5.74) is 2.60. The van der Waals surface area contributed by atoms with Crippen LogP contribution in [0.15, 0.2) is 6.33 Å². The van der Waals surface area contributed by atoms with E-state index in [0.29, 0.717) is 12.1 Å². The van der Waals surface area contributed by atoms with Gasteiger partial charge in [0.05, 0.1) is 12.3 Å². The molecule has 1 aromatic heterocycles. The molecule has 5 heteroatoms. The Hall–Kier alpha value is -1.20. The largest absolute Gasteiger partial charge is 0.380 e. The smallest absolute Gasteiger partial charge is 0.133 e. The van der Waals surface area contributed by atoms with E-state index in [1.165, 1.54) is 36.9 Å². The Kier molecular flexibility index (Phi) is 3.78. The number of hydrogen-bond acceptors (Lipinski definition) is 5. The molecular weight excluding hydrogens is 264 g/mol. The minimum Gasteiger partial charge on any atom is -0.380 e. The van der Waals surface area contributed by atoms with Crippen molar-refractivity contribution in [3.8, 4) is 0 Å². The van der Waals surface area contributed by atoms with Gasteiger partial charge in [0.2, 0.25) is 0 Å². The van der Waals surface area contributed by atoms with Gasteiger partial charge in [0.1, 0.15) is 12.1 Å². The van der Waals surface area contributed by atoms with Gasteiger partial charge in [-0.25, -0.2) is 9.97 Å². The normalized spacial score (nSPS) is 27.0. The van der Waals surface area contributed by atoms with E-state index < -0.39 is 0 Å². The summed E-state index contributed by atoms with van der Waals surface area (Å²) in [5, 5.41) is 3.62. The fourth-order valence-corrected chi connectivity index (χ4v) is 3.59. The highest BCUT2D eigenvalue weighted by Gasteiger charge is 2.27. The number of anilines is 1. The van der Waals surface area contributed by atoms with Gasteiger partial charge in [-0.1, -0.05) is 0 Å². The van der Waals surface area contributed by atoms with Gasteiger partial charge in [0, 0.05) is 43.8 Å². The molecule has 1 aromatic rings. The van der Waals surface area contributed by atoms with E-state index in [4.69, 9.17) is 4.74 Å². The summed E-state index contributed by atoms with van der Waals surface area (Å²) >= 11 is 0. The third kappa shape index (κ3) is 2.77. The van der Waals surface area contributed by atoms with Crippen LogP contribution in [0.3, 0.4) is 0 Å². The molecule has 1 unspecified atom stereocenters. The SMILES string of the molecule is c1nc2c(c(NC3CCC3)n1)CCN(C1CCOC1)CC2. The van der Waals surface area contributed by atoms with E-state index in [9.17, 15) is 0 Å². The molecule has 3 heterocycles. The number of fused-ring (bicyclic) bond motifs is 1. The Morgan fingerprint density at radius 1 is 1.14 bits per heavy atom. The second-order valence-electron chi connectivity index (χ2n) is 6.47. The molecule has 0 amide bonds. The second-order valence-corrected chi connectivity index (χ2v) is 6.47. The fourth-order valence-electron chi connectivity index (χ4n) is 3.59. The van der Waals surface area contributed by atoms with Crippen LogP contribution in [0, 0.1) is 0 Å². The summed E-state index contributed by atoms with van der Waals surface area (Å²) in [4.78, 5) is 11.6. The van der Waals surface area contributed by atoms with Crippen molar-refractivity contribution in [2.75, 3.05) is 31.6 Å². The molecule has 2 aliphatic heterocycles. The molecule has 4 rings (SSSR count). The first-order valence-electron chi connectivity index (χ1n) is 8.31. The summed E-state index contributed by atoms with van der Waals surface area (Å²) in [6.07, 6.45) is 8.91. The van der Waals surface area contributed by atoms with Crippen LogP contribution in [0.25, 0.3) is 0 Å². The summed E-state index contributed by atoms with van der Waals surface area (Å²) in [6, 6.07) is 1.24. The average Bonchev–Trinajstić information content (AvgIpc) is 2.90. The lowest BCUT2D eigenvalue weighted by molar-refractivity contribution is 0.147. The van der Waals surface area contributed by atoms with Gasteiger partial charge in [0.15, 0.2) is 0 Å². The number of rotatable bonds is 3. The Balaban J connectivity index is 1.49. The zero-order chi connectivity index (χ0) is 14.1. The minimum absolute atomic E-state index is 0.607. The van der Waals surface area contributed by atoms with Gasteiger partial charge in [0.25, 0.3) is 0 Å². The third-order valence-electron chi connectivity index (χ3n) is 5.19. The summed E-state index contributed by atoms with van der Waals surface area (Å²) in [5.74, 6) is 1.09. The van der Waals surface area contributed by atoms with E-state index in [1.54, 1.807) is 6.33 Å². The predicted octanol–water partition coefficient (Wildman–Crippen LogP) is 1.63. The lowest BCUT2D eigenvalue weighted by Crippen LogP contribution is -2.37. The Morgan fingerprint density at radius 2 is 2.05 bits per heavy atom. The van der Waals surface area contributed by atoms with E-state index in [1.807, 2.05) is 0 Å². The highest BCUT2D eigenvalue weighted by molar-refractivity contribution is 5.47.